The number of nitrogens with zero attached hydrogens (tertiary/aromatic N) is 10. The second-order valence-electron chi connectivity index (χ2n) is 23.3. The Balaban J connectivity index is 0.674. The lowest BCUT2D eigenvalue weighted by Gasteiger charge is -2.39. The standard InChI is InChI=1S/C68H62Cl2N12O4S/c1-68(2)61(60(83)53-12-6-8-14-58(53)86-68)82-63-45(39-72-67(76-63)74-47-17-21-48(22-18-47)79-30-26-77(3)27-31-79)37-55(65(82)85)52-25-16-42(34-57(52)70)40-78-28-32-80(33-29-78)49-23-19-46(20-24-49)73-66-71-38-44-36-54(51-11-5-7-13-56(51)69)64(84)81(62(44)75-66)50-35-43-10-4-9-15-59(43)87-41-50/h4-25,34,36-39,50,61H,26-33,35,40-41H2,1-3H3,(H,71,73,75)(H,72,74,76). The first-order valence-electron chi connectivity index (χ1n) is 29.3. The second kappa shape index (κ2) is 23.3. The number of carbonyl (C=O) groups is 1. The highest BCUT2D eigenvalue weighted by molar-refractivity contribution is 7.99. The zero-order valence-corrected chi connectivity index (χ0v) is 50.6. The maximum Gasteiger partial charge on any atom is 0.260 e. The van der Waals surface area contributed by atoms with E-state index in [1.54, 1.807) is 54.5 Å². The van der Waals surface area contributed by atoms with Crippen molar-refractivity contribution in [1.82, 2.24) is 38.9 Å². The second-order valence-corrected chi connectivity index (χ2v) is 25.2. The molecule has 19 heteroatoms. The van der Waals surface area contributed by atoms with Crippen LogP contribution in [0.2, 0.25) is 10.0 Å². The van der Waals surface area contributed by atoms with Crippen LogP contribution in [-0.2, 0) is 13.0 Å². The predicted molar refractivity (Wildman–Crippen MR) is 350 cm³/mol. The van der Waals surface area contributed by atoms with E-state index in [0.717, 1.165) is 91.8 Å². The van der Waals surface area contributed by atoms with Crippen molar-refractivity contribution in [2.75, 3.05) is 85.6 Å². The first-order valence-corrected chi connectivity index (χ1v) is 31.1. The lowest BCUT2D eigenvalue weighted by Crippen LogP contribution is -2.50. The molecule has 4 aliphatic rings. The number of likely N-dealkylation sites (N-methyl/N-ethyl adjacent to an activating group) is 1. The number of benzene rings is 6. The minimum atomic E-state index is -1.14. The maximum atomic E-state index is 15.3. The zero-order chi connectivity index (χ0) is 59.5. The summed E-state index contributed by atoms with van der Waals surface area (Å²) in [6.07, 6.45) is 4.16. The summed E-state index contributed by atoms with van der Waals surface area (Å²) in [5.74, 6) is 1.61. The molecule has 0 bridgehead atoms. The maximum absolute atomic E-state index is 15.3. The van der Waals surface area contributed by atoms with Crippen LogP contribution in [0.5, 0.6) is 5.75 Å². The molecule has 0 aliphatic carbocycles. The number of thioether (sulfide) groups is 1. The number of pyridine rings is 2. The van der Waals surface area contributed by atoms with Gasteiger partial charge in [-0.05, 0) is 129 Å². The summed E-state index contributed by atoms with van der Waals surface area (Å²) < 4.78 is 9.85. The van der Waals surface area contributed by atoms with Crippen molar-refractivity contribution < 1.29 is 9.53 Å². The van der Waals surface area contributed by atoms with Gasteiger partial charge in [-0.3, -0.25) is 28.4 Å². The number of ketones is 1. The molecule has 6 aromatic carbocycles. The van der Waals surface area contributed by atoms with Crippen LogP contribution in [-0.4, -0.2) is 115 Å². The van der Waals surface area contributed by atoms with Crippen LogP contribution in [0.15, 0.2) is 179 Å². The van der Waals surface area contributed by atoms with Crippen molar-refractivity contribution in [3.05, 3.63) is 211 Å². The van der Waals surface area contributed by atoms with E-state index in [9.17, 15) is 9.59 Å². The van der Waals surface area contributed by atoms with Crippen LogP contribution in [0.25, 0.3) is 44.3 Å². The Bertz CT molecular complexity index is 4430. The Morgan fingerprint density at radius 3 is 1.77 bits per heavy atom. The number of aromatic nitrogens is 6. The van der Waals surface area contributed by atoms with Gasteiger partial charge in [0.2, 0.25) is 11.9 Å². The van der Waals surface area contributed by atoms with E-state index in [4.69, 9.17) is 47.9 Å². The molecule has 14 rings (SSSR count). The summed E-state index contributed by atoms with van der Waals surface area (Å²) in [5, 5.41) is 8.99. The monoisotopic (exact) mass is 1210 g/mol. The third-order valence-corrected chi connectivity index (χ3v) is 19.1. The number of fused-ring (bicyclic) bond motifs is 4. The smallest absolute Gasteiger partial charge is 0.260 e. The number of Topliss-reactive ketones (excluding diaryl/α,β-unsaturated/α-hetero) is 1. The number of hydrogen-bond donors (Lipinski definition) is 2. The van der Waals surface area contributed by atoms with E-state index in [0.29, 0.717) is 79.2 Å². The quantitative estimate of drug-likeness (QED) is 0.119. The number of para-hydroxylation sites is 1. The van der Waals surface area contributed by atoms with Gasteiger partial charge in [-0.1, -0.05) is 83.9 Å². The fourth-order valence-electron chi connectivity index (χ4n) is 12.6. The molecule has 16 nitrogen and oxygen atoms in total. The highest BCUT2D eigenvalue weighted by Gasteiger charge is 2.46. The first-order chi connectivity index (χ1) is 42.3. The van der Waals surface area contributed by atoms with Crippen molar-refractivity contribution in [2.24, 2.45) is 0 Å². The summed E-state index contributed by atoms with van der Waals surface area (Å²) in [4.78, 5) is 74.7. The molecule has 10 aromatic rings. The third-order valence-electron chi connectivity index (χ3n) is 17.2. The summed E-state index contributed by atoms with van der Waals surface area (Å²) in [6, 6.07) is 47.7. The van der Waals surface area contributed by atoms with Gasteiger partial charge in [-0.25, -0.2) is 9.97 Å². The van der Waals surface area contributed by atoms with E-state index < -0.39 is 17.2 Å². The fraction of sp³-hybridized carbons (Fsp3) is 0.250. The van der Waals surface area contributed by atoms with Crippen LogP contribution < -0.4 is 36.3 Å². The van der Waals surface area contributed by atoms with Gasteiger partial charge in [0.05, 0.1) is 11.6 Å². The summed E-state index contributed by atoms with van der Waals surface area (Å²) in [6.45, 7) is 11.5. The van der Waals surface area contributed by atoms with Crippen LogP contribution in [0.1, 0.15) is 47.4 Å². The van der Waals surface area contributed by atoms with Crippen molar-refractivity contribution in [1.29, 1.82) is 0 Å². The molecule has 0 amide bonds. The molecule has 4 aromatic heterocycles. The predicted octanol–water partition coefficient (Wildman–Crippen LogP) is 12.6. The average molecular weight is 1210 g/mol. The molecule has 2 atom stereocenters. The highest BCUT2D eigenvalue weighted by atomic mass is 35.5. The summed E-state index contributed by atoms with van der Waals surface area (Å²) in [5.41, 5.74) is 7.67. The van der Waals surface area contributed by atoms with E-state index >= 15 is 4.79 Å². The van der Waals surface area contributed by atoms with Crippen LogP contribution in [0.3, 0.4) is 0 Å². The van der Waals surface area contributed by atoms with Crippen LogP contribution in [0.4, 0.5) is 34.6 Å². The molecule has 2 saturated heterocycles. The number of ether oxygens (including phenoxy) is 1. The molecule has 87 heavy (non-hydrogen) atoms. The van der Waals surface area contributed by atoms with Crippen LogP contribution >= 0.6 is 35.0 Å². The first kappa shape index (κ1) is 56.2. The van der Waals surface area contributed by atoms with E-state index in [1.807, 2.05) is 97.3 Å². The van der Waals surface area contributed by atoms with E-state index in [-0.39, 0.29) is 23.3 Å². The lowest BCUT2D eigenvalue weighted by atomic mass is 9.86. The van der Waals surface area contributed by atoms with Crippen molar-refractivity contribution >= 4 is 97.5 Å². The Kier molecular flexibility index (Phi) is 15.0. The third kappa shape index (κ3) is 11.1. The number of halogens is 2. The normalized spacial score (nSPS) is 17.9. The SMILES string of the molecule is CN1CCN(c2ccc(Nc3ncc4cc(-c5ccc(CN6CCN(c7ccc(Nc8ncc9cc(-c%10ccccc%10Cl)c(=O)n(C%10CSc%11ccccc%11C%10)c9n8)cc7)CC6)cc5Cl)c(=O)n(C5C(=O)c6ccccc6OC5(C)C)c4n3)cc2)CC1. The molecule has 2 unspecified atom stereocenters. The molecular weight excluding hydrogens is 1150 g/mol. The van der Waals surface area contributed by atoms with Gasteiger partial charge in [0.25, 0.3) is 11.1 Å². The summed E-state index contributed by atoms with van der Waals surface area (Å²) in [7, 11) is 2.14. The minimum Gasteiger partial charge on any atom is -0.484 e. The number of rotatable bonds is 12. The van der Waals surface area contributed by atoms with Crippen molar-refractivity contribution in [2.45, 2.75) is 49.4 Å². The van der Waals surface area contributed by atoms with Crippen molar-refractivity contribution in [3.8, 4) is 28.0 Å². The molecule has 8 heterocycles. The van der Waals surface area contributed by atoms with Gasteiger partial charge in [0.15, 0.2) is 5.78 Å². The van der Waals surface area contributed by atoms with Gasteiger partial charge in [0.1, 0.15) is 28.7 Å². The van der Waals surface area contributed by atoms with E-state index in [2.05, 4.69) is 79.7 Å². The van der Waals surface area contributed by atoms with E-state index in [1.165, 1.54) is 15.0 Å². The molecular formula is C68H62Cl2N12O4S. The van der Waals surface area contributed by atoms with Crippen molar-refractivity contribution in [3.63, 3.8) is 0 Å². The Labute approximate surface area is 517 Å². The molecule has 0 radical (unpaired) electrons. The number of carbonyl (C=O) groups excluding carboxylic acids is 1. The van der Waals surface area contributed by atoms with Gasteiger partial charge in [-0.2, -0.15) is 9.97 Å². The number of nitrogens with one attached hydrogen (secondary N) is 2. The molecule has 2 N–H and O–H groups in total. The number of hydrogen-bond acceptors (Lipinski definition) is 15. The number of anilines is 6. The zero-order valence-electron chi connectivity index (χ0n) is 48.3. The fourth-order valence-corrected chi connectivity index (χ4v) is 14.3. The largest absolute Gasteiger partial charge is 0.484 e. The summed E-state index contributed by atoms with van der Waals surface area (Å²) >= 11 is 15.7. The van der Waals surface area contributed by atoms with Gasteiger partial charge >= 0.3 is 0 Å². The molecule has 438 valence electrons. The Hall–Kier alpha value is -8.58. The Morgan fingerprint density at radius 2 is 1.14 bits per heavy atom. The topological polar surface area (TPSA) is 159 Å². The van der Waals surface area contributed by atoms with Gasteiger partial charge in [-0.15, -0.1) is 11.8 Å². The molecule has 2 fully saturated rings. The minimum absolute atomic E-state index is 0.131. The Morgan fingerprint density at radius 1 is 0.586 bits per heavy atom. The lowest BCUT2D eigenvalue weighted by molar-refractivity contribution is 0.0305. The molecule has 0 spiro atoms. The molecule has 0 saturated carbocycles. The highest BCUT2D eigenvalue weighted by Crippen LogP contribution is 2.42. The number of piperazine rings is 2. The average Bonchev–Trinajstić information content (AvgIpc) is 1.01. The molecule has 4 aliphatic heterocycles. The van der Waals surface area contributed by atoms with Gasteiger partial charge < -0.3 is 30.1 Å². The van der Waals surface area contributed by atoms with Crippen LogP contribution in [0, 0.1) is 0 Å². The van der Waals surface area contributed by atoms with Gasteiger partial charge in [0, 0.05) is 148 Å².